The molecule has 2 bridgehead atoms. The van der Waals surface area contributed by atoms with Gasteiger partial charge in [0.1, 0.15) is 5.75 Å². The number of benzene rings is 2. The summed E-state index contributed by atoms with van der Waals surface area (Å²) >= 11 is 0. The number of rotatable bonds is 5. The molecule has 0 radical (unpaired) electrons. The normalized spacial score (nSPS) is 29.1. The molecule has 0 unspecified atom stereocenters. The zero-order chi connectivity index (χ0) is 19.7. The van der Waals surface area contributed by atoms with Crippen molar-refractivity contribution < 1.29 is 14.6 Å². The lowest BCUT2D eigenvalue weighted by Gasteiger charge is -2.45. The van der Waals surface area contributed by atoms with Crippen molar-refractivity contribution in [1.82, 2.24) is 4.90 Å². The van der Waals surface area contributed by atoms with E-state index in [4.69, 9.17) is 4.74 Å². The molecule has 2 aromatic rings. The summed E-state index contributed by atoms with van der Waals surface area (Å²) in [6, 6.07) is 16.5. The molecule has 2 fully saturated rings. The Morgan fingerprint density at radius 2 is 1.93 bits per heavy atom. The molecule has 0 heterocycles. The molecular formula is C24H29NO3. The number of aliphatic hydroxyl groups is 1. The minimum Gasteiger partial charge on any atom is -0.423 e. The molecule has 0 spiro atoms. The highest BCUT2D eigenvalue weighted by Crippen LogP contribution is 2.54. The number of carbonyl (C=O) groups is 1. The summed E-state index contributed by atoms with van der Waals surface area (Å²) < 4.78 is 5.60. The Morgan fingerprint density at radius 1 is 1.14 bits per heavy atom. The van der Waals surface area contributed by atoms with Crippen molar-refractivity contribution in [1.29, 1.82) is 0 Å². The van der Waals surface area contributed by atoms with Gasteiger partial charge in [0, 0.05) is 12.5 Å². The van der Waals surface area contributed by atoms with Crippen LogP contribution in [0.25, 0.3) is 0 Å². The Bertz CT molecular complexity index is 835. The Balaban J connectivity index is 1.61. The highest BCUT2D eigenvalue weighted by molar-refractivity contribution is 5.90. The molecule has 0 aromatic heterocycles. The van der Waals surface area contributed by atoms with Crippen LogP contribution in [-0.2, 0) is 5.60 Å². The third-order valence-electron chi connectivity index (χ3n) is 6.48. The zero-order valence-electron chi connectivity index (χ0n) is 16.7. The molecule has 4 nitrogen and oxygen atoms in total. The van der Waals surface area contributed by atoms with E-state index in [0.717, 1.165) is 18.5 Å². The summed E-state index contributed by atoms with van der Waals surface area (Å²) in [5.74, 6) is 1.45. The lowest BCUT2D eigenvalue weighted by atomic mass is 9.66. The Hall–Kier alpha value is -2.17. The summed E-state index contributed by atoms with van der Waals surface area (Å²) in [5.41, 5.74) is 0.519. The number of hydrogen-bond acceptors (Lipinski definition) is 4. The van der Waals surface area contributed by atoms with Crippen LogP contribution in [0, 0.1) is 17.8 Å². The van der Waals surface area contributed by atoms with Crippen molar-refractivity contribution in [2.24, 2.45) is 17.8 Å². The number of ether oxygens (including phenoxy) is 1. The van der Waals surface area contributed by atoms with E-state index in [-0.39, 0.29) is 11.9 Å². The molecule has 4 heteroatoms. The lowest BCUT2D eigenvalue weighted by molar-refractivity contribution is -0.0892. The van der Waals surface area contributed by atoms with Crippen LogP contribution >= 0.6 is 0 Å². The van der Waals surface area contributed by atoms with Crippen LogP contribution in [-0.4, -0.2) is 36.6 Å². The molecule has 2 aromatic carbocycles. The fourth-order valence-electron chi connectivity index (χ4n) is 5.24. The van der Waals surface area contributed by atoms with Gasteiger partial charge in [-0.2, -0.15) is 0 Å². The number of carbonyl (C=O) groups excluding carboxylic acids is 1. The first-order valence-corrected chi connectivity index (χ1v) is 10.2. The molecule has 28 heavy (non-hydrogen) atoms. The van der Waals surface area contributed by atoms with Gasteiger partial charge in [-0.05, 0) is 75.0 Å². The first-order valence-electron chi connectivity index (χ1n) is 10.2. The molecule has 0 aliphatic heterocycles. The Labute approximate surface area is 167 Å². The topological polar surface area (TPSA) is 49.8 Å². The average Bonchev–Trinajstić information content (AvgIpc) is 3.09. The van der Waals surface area contributed by atoms with Crippen molar-refractivity contribution in [3.05, 3.63) is 65.7 Å². The fourth-order valence-corrected chi connectivity index (χ4v) is 5.24. The van der Waals surface area contributed by atoms with Gasteiger partial charge < -0.3 is 14.7 Å². The standard InChI is InChI=1S/C24H29NO3/c1-25(2)16-22-19-12-11-17(13-19)15-24(22,27)20-9-6-10-21(14-20)28-23(26)18-7-4-3-5-8-18/h3-10,14,17,19,22,27H,11-13,15-16H2,1-2H3/t17-,19+,22-,24-/m0/s1. The van der Waals surface area contributed by atoms with Gasteiger partial charge in [-0.25, -0.2) is 4.79 Å². The van der Waals surface area contributed by atoms with Gasteiger partial charge in [-0.15, -0.1) is 0 Å². The summed E-state index contributed by atoms with van der Waals surface area (Å²) in [7, 11) is 4.14. The number of esters is 1. The predicted molar refractivity (Wildman–Crippen MR) is 109 cm³/mol. The maximum atomic E-state index is 12.4. The van der Waals surface area contributed by atoms with Gasteiger partial charge in [0.25, 0.3) is 0 Å². The number of nitrogens with zero attached hydrogens (tertiary/aromatic N) is 1. The van der Waals surface area contributed by atoms with Crippen LogP contribution in [0.1, 0.15) is 41.6 Å². The monoisotopic (exact) mass is 379 g/mol. The molecule has 2 aliphatic rings. The molecule has 4 rings (SSSR count). The average molecular weight is 380 g/mol. The summed E-state index contributed by atoms with van der Waals surface area (Å²) in [4.78, 5) is 14.6. The van der Waals surface area contributed by atoms with Gasteiger partial charge >= 0.3 is 5.97 Å². The van der Waals surface area contributed by atoms with Crippen LogP contribution < -0.4 is 4.74 Å². The minimum absolute atomic E-state index is 0.196. The van der Waals surface area contributed by atoms with Crippen LogP contribution in [0.4, 0.5) is 0 Å². The quantitative estimate of drug-likeness (QED) is 0.628. The molecule has 1 N–H and O–H groups in total. The van der Waals surface area contributed by atoms with E-state index in [9.17, 15) is 9.90 Å². The Morgan fingerprint density at radius 3 is 2.68 bits per heavy atom. The molecular weight excluding hydrogens is 350 g/mol. The predicted octanol–water partition coefficient (Wildman–Crippen LogP) is 4.09. The number of hydrogen-bond donors (Lipinski definition) is 1. The number of fused-ring (bicyclic) bond motifs is 2. The smallest absolute Gasteiger partial charge is 0.343 e. The van der Waals surface area contributed by atoms with Gasteiger partial charge in [0.15, 0.2) is 0 Å². The second kappa shape index (κ2) is 7.69. The molecule has 0 amide bonds. The van der Waals surface area contributed by atoms with Gasteiger partial charge in [-0.1, -0.05) is 36.8 Å². The summed E-state index contributed by atoms with van der Waals surface area (Å²) in [5, 5.41) is 11.8. The first kappa shape index (κ1) is 19.2. The zero-order valence-corrected chi connectivity index (χ0v) is 16.7. The first-order chi connectivity index (χ1) is 13.5. The highest BCUT2D eigenvalue weighted by Gasteiger charge is 2.51. The van der Waals surface area contributed by atoms with Crippen molar-refractivity contribution in [2.75, 3.05) is 20.6 Å². The highest BCUT2D eigenvalue weighted by atomic mass is 16.5. The summed E-state index contributed by atoms with van der Waals surface area (Å²) in [6.07, 6.45) is 4.43. The van der Waals surface area contributed by atoms with E-state index < -0.39 is 5.60 Å². The van der Waals surface area contributed by atoms with Crippen molar-refractivity contribution in [3.63, 3.8) is 0 Å². The van der Waals surface area contributed by atoms with Crippen LogP contribution in [0.3, 0.4) is 0 Å². The Kier molecular flexibility index (Phi) is 5.26. The second-order valence-corrected chi connectivity index (χ2v) is 8.72. The largest absolute Gasteiger partial charge is 0.423 e. The van der Waals surface area contributed by atoms with Crippen molar-refractivity contribution in [2.45, 2.75) is 31.3 Å². The minimum atomic E-state index is -0.872. The summed E-state index contributed by atoms with van der Waals surface area (Å²) in [6.45, 7) is 0.863. The molecule has 2 saturated carbocycles. The maximum Gasteiger partial charge on any atom is 0.343 e. The SMILES string of the molecule is CN(C)C[C@H]1[C@@H]2CC[C@@H](C2)C[C@]1(O)c1cccc(OC(=O)c2ccccc2)c1. The van der Waals surface area contributed by atoms with E-state index >= 15 is 0 Å². The molecule has 0 saturated heterocycles. The third kappa shape index (κ3) is 3.71. The fraction of sp³-hybridized carbons (Fsp3) is 0.458. The van der Waals surface area contributed by atoms with Crippen molar-refractivity contribution in [3.8, 4) is 5.75 Å². The van der Waals surface area contributed by atoms with E-state index in [1.807, 2.05) is 36.4 Å². The van der Waals surface area contributed by atoms with Gasteiger partial charge in [0.05, 0.1) is 11.2 Å². The van der Waals surface area contributed by atoms with E-state index in [1.54, 1.807) is 18.2 Å². The van der Waals surface area contributed by atoms with E-state index in [0.29, 0.717) is 23.1 Å². The van der Waals surface area contributed by atoms with Crippen LogP contribution in [0.2, 0.25) is 0 Å². The van der Waals surface area contributed by atoms with Crippen LogP contribution in [0.15, 0.2) is 54.6 Å². The van der Waals surface area contributed by atoms with E-state index in [2.05, 4.69) is 19.0 Å². The molecule has 2 aliphatic carbocycles. The molecule has 148 valence electrons. The van der Waals surface area contributed by atoms with Crippen LogP contribution in [0.5, 0.6) is 5.75 Å². The van der Waals surface area contributed by atoms with Crippen molar-refractivity contribution >= 4 is 5.97 Å². The lowest BCUT2D eigenvalue weighted by Crippen LogP contribution is -2.47. The van der Waals surface area contributed by atoms with E-state index in [1.165, 1.54) is 19.3 Å². The molecule has 4 atom stereocenters. The second-order valence-electron chi connectivity index (χ2n) is 8.72. The van der Waals surface area contributed by atoms with Gasteiger partial charge in [0.2, 0.25) is 0 Å². The third-order valence-corrected chi connectivity index (χ3v) is 6.48. The maximum absolute atomic E-state index is 12.4. The van der Waals surface area contributed by atoms with Gasteiger partial charge in [-0.3, -0.25) is 0 Å².